The Hall–Kier alpha value is -1.06. The van der Waals surface area contributed by atoms with E-state index in [0.717, 1.165) is 18.9 Å². The highest BCUT2D eigenvalue weighted by atomic mass is 19.1. The number of carbonyl (C=O) groups is 1. The fraction of sp³-hybridized carbons (Fsp3) is 0.571. The first-order chi connectivity index (χ1) is 5.16. The molecule has 0 bridgehead atoms. The Kier molecular flexibility index (Phi) is 5.15. The van der Waals surface area contributed by atoms with E-state index in [1.807, 2.05) is 6.92 Å². The van der Waals surface area contributed by atoms with Crippen LogP contribution in [-0.2, 0) is 4.74 Å². The molecule has 0 aromatic carbocycles. The molecule has 0 saturated heterocycles. The van der Waals surface area contributed by atoms with Gasteiger partial charge in [-0.25, -0.2) is 4.79 Å². The van der Waals surface area contributed by atoms with Crippen LogP contribution in [0.15, 0.2) is 12.1 Å². The van der Waals surface area contributed by atoms with Crippen molar-refractivity contribution in [3.05, 3.63) is 12.1 Å². The van der Waals surface area contributed by atoms with E-state index in [-0.39, 0.29) is 0 Å². The molecule has 0 amide bonds. The van der Waals surface area contributed by atoms with E-state index in [0.29, 0.717) is 6.42 Å². The minimum atomic E-state index is -1.62. The Morgan fingerprint density at radius 2 is 2.36 bits per heavy atom. The molecule has 3 nitrogen and oxygen atoms in total. The molecule has 0 aliphatic rings. The van der Waals surface area contributed by atoms with Crippen molar-refractivity contribution >= 4 is 6.16 Å². The van der Waals surface area contributed by atoms with E-state index >= 15 is 0 Å². The van der Waals surface area contributed by atoms with Crippen LogP contribution in [0.4, 0.5) is 9.18 Å². The van der Waals surface area contributed by atoms with Crippen molar-refractivity contribution in [2.45, 2.75) is 26.2 Å². The van der Waals surface area contributed by atoms with Crippen LogP contribution in [0.2, 0.25) is 0 Å². The van der Waals surface area contributed by atoms with Gasteiger partial charge in [0.25, 0.3) is 6.01 Å². The van der Waals surface area contributed by atoms with Crippen molar-refractivity contribution < 1.29 is 19.0 Å². The molecule has 0 atom stereocenters. The number of rotatable bonds is 4. The van der Waals surface area contributed by atoms with Crippen molar-refractivity contribution in [2.24, 2.45) is 0 Å². The molecule has 0 aromatic heterocycles. The van der Waals surface area contributed by atoms with Crippen molar-refractivity contribution in [1.29, 1.82) is 0 Å². The molecular formula is C7H11FO3. The second-order valence-corrected chi connectivity index (χ2v) is 2.02. The standard InChI is InChI=1S/C7H11FO3/c1-2-3-4-5-6(8)11-7(9)10/h5H,2-4H2,1H3,(H,9,10). The van der Waals surface area contributed by atoms with Crippen LogP contribution in [-0.4, -0.2) is 11.3 Å². The number of allylic oxidation sites excluding steroid dienone is 1. The van der Waals surface area contributed by atoms with Gasteiger partial charge in [-0.05, 0) is 18.9 Å². The zero-order valence-electron chi connectivity index (χ0n) is 6.34. The first-order valence-corrected chi connectivity index (χ1v) is 3.43. The summed E-state index contributed by atoms with van der Waals surface area (Å²) in [7, 11) is 0. The van der Waals surface area contributed by atoms with Gasteiger partial charge in [-0.15, -0.1) is 0 Å². The summed E-state index contributed by atoms with van der Waals surface area (Å²) in [6.07, 6.45) is 1.79. The summed E-state index contributed by atoms with van der Waals surface area (Å²) >= 11 is 0. The molecule has 4 heteroatoms. The topological polar surface area (TPSA) is 46.5 Å². The van der Waals surface area contributed by atoms with Crippen molar-refractivity contribution in [3.63, 3.8) is 0 Å². The third-order valence-corrected chi connectivity index (χ3v) is 1.05. The van der Waals surface area contributed by atoms with Gasteiger partial charge < -0.3 is 9.84 Å². The molecule has 0 fully saturated rings. The lowest BCUT2D eigenvalue weighted by atomic mass is 10.2. The third kappa shape index (κ3) is 6.83. The van der Waals surface area contributed by atoms with Gasteiger partial charge in [-0.3, -0.25) is 0 Å². The fourth-order valence-electron chi connectivity index (χ4n) is 0.545. The molecule has 0 aliphatic carbocycles. The van der Waals surface area contributed by atoms with Gasteiger partial charge in [-0.2, -0.15) is 4.39 Å². The van der Waals surface area contributed by atoms with Gasteiger partial charge in [-0.1, -0.05) is 13.3 Å². The third-order valence-electron chi connectivity index (χ3n) is 1.05. The largest absolute Gasteiger partial charge is 0.513 e. The van der Waals surface area contributed by atoms with Gasteiger partial charge in [0.15, 0.2) is 0 Å². The first kappa shape index (κ1) is 9.94. The predicted molar refractivity (Wildman–Crippen MR) is 37.8 cm³/mol. The maximum absolute atomic E-state index is 12.2. The number of hydrogen-bond acceptors (Lipinski definition) is 2. The summed E-state index contributed by atoms with van der Waals surface area (Å²) in [5.41, 5.74) is 0. The quantitative estimate of drug-likeness (QED) is 0.392. The maximum atomic E-state index is 12.2. The molecule has 0 spiro atoms. The Morgan fingerprint density at radius 1 is 1.73 bits per heavy atom. The number of hydrogen-bond donors (Lipinski definition) is 1. The Bertz CT molecular complexity index is 154. The van der Waals surface area contributed by atoms with Crippen LogP contribution in [0.1, 0.15) is 26.2 Å². The summed E-state index contributed by atoms with van der Waals surface area (Å²) in [4.78, 5) is 9.74. The van der Waals surface area contributed by atoms with Gasteiger partial charge in [0.05, 0.1) is 0 Å². The molecule has 0 aliphatic heterocycles. The second kappa shape index (κ2) is 5.70. The SMILES string of the molecule is CCCCC=C(F)OC(=O)O. The molecule has 0 radical (unpaired) electrons. The van der Waals surface area contributed by atoms with E-state index < -0.39 is 12.2 Å². The maximum Gasteiger partial charge on any atom is 0.513 e. The van der Waals surface area contributed by atoms with E-state index in [9.17, 15) is 9.18 Å². The highest BCUT2D eigenvalue weighted by Gasteiger charge is 2.00. The zero-order valence-corrected chi connectivity index (χ0v) is 6.34. The lowest BCUT2D eigenvalue weighted by molar-refractivity contribution is 0.0977. The highest BCUT2D eigenvalue weighted by Crippen LogP contribution is 2.04. The average molecular weight is 162 g/mol. The Morgan fingerprint density at radius 3 is 2.82 bits per heavy atom. The van der Waals surface area contributed by atoms with Gasteiger partial charge in [0.2, 0.25) is 0 Å². The summed E-state index contributed by atoms with van der Waals surface area (Å²) in [6.45, 7) is 1.96. The smallest absolute Gasteiger partial charge is 0.449 e. The normalized spacial score (nSPS) is 11.3. The highest BCUT2D eigenvalue weighted by molar-refractivity contribution is 5.58. The van der Waals surface area contributed by atoms with Crippen molar-refractivity contribution in [3.8, 4) is 0 Å². The van der Waals surface area contributed by atoms with Gasteiger partial charge in [0, 0.05) is 0 Å². The first-order valence-electron chi connectivity index (χ1n) is 3.43. The monoisotopic (exact) mass is 162 g/mol. The number of halogens is 1. The molecule has 0 heterocycles. The van der Waals surface area contributed by atoms with E-state index in [1.165, 1.54) is 0 Å². The van der Waals surface area contributed by atoms with Gasteiger partial charge >= 0.3 is 6.16 Å². The van der Waals surface area contributed by atoms with Crippen LogP contribution >= 0.6 is 0 Å². The number of unbranched alkanes of at least 4 members (excludes halogenated alkanes) is 2. The molecule has 0 rings (SSSR count). The molecule has 0 unspecified atom stereocenters. The molecule has 64 valence electrons. The number of ether oxygens (including phenoxy) is 1. The van der Waals surface area contributed by atoms with E-state index in [1.54, 1.807) is 0 Å². The lowest BCUT2D eigenvalue weighted by Gasteiger charge is -1.93. The van der Waals surface area contributed by atoms with Crippen LogP contribution in [0, 0.1) is 0 Å². The molecular weight excluding hydrogens is 151 g/mol. The predicted octanol–water partition coefficient (Wildman–Crippen LogP) is 2.68. The van der Waals surface area contributed by atoms with Crippen LogP contribution in [0.3, 0.4) is 0 Å². The Balaban J connectivity index is 3.54. The van der Waals surface area contributed by atoms with Crippen LogP contribution < -0.4 is 0 Å². The average Bonchev–Trinajstić information content (AvgIpc) is 1.86. The number of carboxylic acid groups (broad SMARTS) is 1. The van der Waals surface area contributed by atoms with Crippen molar-refractivity contribution in [2.75, 3.05) is 0 Å². The summed E-state index contributed by atoms with van der Waals surface area (Å²) in [5, 5.41) is 7.94. The van der Waals surface area contributed by atoms with Crippen LogP contribution in [0.5, 0.6) is 0 Å². The van der Waals surface area contributed by atoms with Crippen molar-refractivity contribution in [1.82, 2.24) is 0 Å². The minimum Gasteiger partial charge on any atom is -0.449 e. The summed E-state index contributed by atoms with van der Waals surface area (Å²) in [5.74, 6) is 0. The lowest BCUT2D eigenvalue weighted by Crippen LogP contribution is -1.96. The fourth-order valence-corrected chi connectivity index (χ4v) is 0.545. The second-order valence-electron chi connectivity index (χ2n) is 2.02. The molecule has 11 heavy (non-hydrogen) atoms. The molecule has 0 saturated carbocycles. The summed E-state index contributed by atoms with van der Waals surface area (Å²) < 4.78 is 15.9. The summed E-state index contributed by atoms with van der Waals surface area (Å²) in [6, 6.07) is -1.04. The van der Waals surface area contributed by atoms with Crippen LogP contribution in [0.25, 0.3) is 0 Å². The molecule has 1 N–H and O–H groups in total. The molecule has 0 aromatic rings. The zero-order chi connectivity index (χ0) is 8.69. The minimum absolute atomic E-state index is 0.510. The van der Waals surface area contributed by atoms with E-state index in [4.69, 9.17) is 5.11 Å². The Labute approximate surface area is 64.5 Å². The van der Waals surface area contributed by atoms with Gasteiger partial charge in [0.1, 0.15) is 0 Å². The van der Waals surface area contributed by atoms with E-state index in [2.05, 4.69) is 4.74 Å².